The Morgan fingerprint density at radius 3 is 2.78 bits per heavy atom. The molecule has 0 unspecified atom stereocenters. The average molecular weight is 471 g/mol. The zero-order chi connectivity index (χ0) is 22.2. The predicted octanol–water partition coefficient (Wildman–Crippen LogP) is 3.69. The summed E-state index contributed by atoms with van der Waals surface area (Å²) in [5.74, 6) is 0.0899. The number of hydrogen-bond acceptors (Lipinski definition) is 4. The Morgan fingerprint density at radius 2 is 2.03 bits per heavy atom. The molecular formula is C22H20Cl2N6O2. The average Bonchev–Trinajstić information content (AvgIpc) is 3.45. The maximum atomic E-state index is 12.9. The highest BCUT2D eigenvalue weighted by atomic mass is 35.5. The summed E-state index contributed by atoms with van der Waals surface area (Å²) in [5.41, 5.74) is 2.52. The molecule has 0 bridgehead atoms. The van der Waals surface area contributed by atoms with Crippen LogP contribution in [0.4, 0.5) is 0 Å². The standard InChI is InChI=1S/C22H20Cl2N6O2/c23-15-7-8-18(17(24)12-15)30-20(14-5-6-14)16(13-26-30)21(31)25-9-3-11-29-22(32)28-10-2-1-4-19(28)27-29/h1-2,4,7-8,10,12-14H,3,5-6,9,11H2,(H,25,31). The van der Waals surface area contributed by atoms with Gasteiger partial charge in [-0.25, -0.2) is 14.2 Å². The van der Waals surface area contributed by atoms with Crippen LogP contribution in [-0.2, 0) is 6.54 Å². The lowest BCUT2D eigenvalue weighted by molar-refractivity contribution is 0.0951. The summed E-state index contributed by atoms with van der Waals surface area (Å²) < 4.78 is 4.65. The van der Waals surface area contributed by atoms with Gasteiger partial charge in [0.1, 0.15) is 0 Å². The van der Waals surface area contributed by atoms with Crippen LogP contribution in [0.2, 0.25) is 10.0 Å². The van der Waals surface area contributed by atoms with Crippen LogP contribution in [-0.4, -0.2) is 36.4 Å². The van der Waals surface area contributed by atoms with Crippen molar-refractivity contribution in [2.24, 2.45) is 0 Å². The molecule has 5 rings (SSSR count). The van der Waals surface area contributed by atoms with Crippen molar-refractivity contribution in [3.63, 3.8) is 0 Å². The third-order valence-electron chi connectivity index (χ3n) is 5.47. The molecule has 1 fully saturated rings. The second-order valence-corrected chi connectivity index (χ2v) is 8.61. The molecule has 10 heteroatoms. The van der Waals surface area contributed by atoms with Gasteiger partial charge in [-0.05, 0) is 49.6 Å². The molecule has 1 aromatic carbocycles. The molecule has 1 N–H and O–H groups in total. The van der Waals surface area contributed by atoms with Crippen molar-refractivity contribution >= 4 is 34.8 Å². The van der Waals surface area contributed by atoms with Gasteiger partial charge in [0.05, 0.1) is 28.2 Å². The number of aromatic nitrogens is 5. The van der Waals surface area contributed by atoms with Crippen molar-refractivity contribution in [3.05, 3.63) is 80.6 Å². The van der Waals surface area contributed by atoms with E-state index in [2.05, 4.69) is 15.5 Å². The molecule has 1 saturated carbocycles. The lowest BCUT2D eigenvalue weighted by atomic mass is 10.1. The summed E-state index contributed by atoms with van der Waals surface area (Å²) in [6.45, 7) is 0.825. The van der Waals surface area contributed by atoms with Crippen LogP contribution in [0.15, 0.2) is 53.6 Å². The number of fused-ring (bicyclic) bond motifs is 1. The van der Waals surface area contributed by atoms with E-state index in [4.69, 9.17) is 23.2 Å². The predicted molar refractivity (Wildman–Crippen MR) is 122 cm³/mol. The zero-order valence-electron chi connectivity index (χ0n) is 17.0. The van der Waals surface area contributed by atoms with E-state index in [0.717, 1.165) is 18.5 Å². The highest BCUT2D eigenvalue weighted by molar-refractivity contribution is 6.35. The molecule has 1 aliphatic carbocycles. The first-order chi connectivity index (χ1) is 15.5. The maximum absolute atomic E-state index is 12.9. The number of rotatable bonds is 7. The molecule has 4 aromatic rings. The molecular weight excluding hydrogens is 451 g/mol. The molecule has 32 heavy (non-hydrogen) atoms. The Morgan fingerprint density at radius 1 is 1.19 bits per heavy atom. The molecule has 8 nitrogen and oxygen atoms in total. The van der Waals surface area contributed by atoms with Gasteiger partial charge in [-0.3, -0.25) is 9.20 Å². The van der Waals surface area contributed by atoms with Crippen LogP contribution in [0.5, 0.6) is 0 Å². The molecule has 3 aromatic heterocycles. The molecule has 0 radical (unpaired) electrons. The van der Waals surface area contributed by atoms with Gasteiger partial charge in [0, 0.05) is 30.2 Å². The number of hydrogen-bond donors (Lipinski definition) is 1. The monoisotopic (exact) mass is 470 g/mol. The summed E-state index contributed by atoms with van der Waals surface area (Å²) in [5, 5.41) is 12.7. The summed E-state index contributed by atoms with van der Waals surface area (Å²) in [4.78, 5) is 25.2. The van der Waals surface area contributed by atoms with E-state index < -0.39 is 0 Å². The van der Waals surface area contributed by atoms with E-state index in [1.807, 2.05) is 6.07 Å². The van der Waals surface area contributed by atoms with Crippen molar-refractivity contribution in [2.75, 3.05) is 6.54 Å². The summed E-state index contributed by atoms with van der Waals surface area (Å²) in [7, 11) is 0. The largest absolute Gasteiger partial charge is 0.352 e. The normalized spacial score (nSPS) is 13.6. The van der Waals surface area contributed by atoms with Gasteiger partial charge in [-0.1, -0.05) is 29.3 Å². The number of nitrogens with one attached hydrogen (secondary N) is 1. The molecule has 3 heterocycles. The number of benzene rings is 1. The van der Waals surface area contributed by atoms with Gasteiger partial charge in [0.15, 0.2) is 5.65 Å². The van der Waals surface area contributed by atoms with Crippen LogP contribution >= 0.6 is 23.2 Å². The number of carbonyl (C=O) groups is 1. The van der Waals surface area contributed by atoms with Gasteiger partial charge >= 0.3 is 5.69 Å². The summed E-state index contributed by atoms with van der Waals surface area (Å²) in [6, 6.07) is 10.6. The number of amides is 1. The van der Waals surface area contributed by atoms with Gasteiger partial charge in [0.25, 0.3) is 5.91 Å². The number of aryl methyl sites for hydroxylation is 1. The zero-order valence-corrected chi connectivity index (χ0v) is 18.6. The van der Waals surface area contributed by atoms with Crippen molar-refractivity contribution in [1.29, 1.82) is 0 Å². The Balaban J connectivity index is 1.28. The lowest BCUT2D eigenvalue weighted by Crippen LogP contribution is -2.28. The van der Waals surface area contributed by atoms with E-state index in [9.17, 15) is 9.59 Å². The van der Waals surface area contributed by atoms with Crippen molar-refractivity contribution < 1.29 is 4.79 Å². The second kappa shape index (κ2) is 8.44. The van der Waals surface area contributed by atoms with Crippen LogP contribution in [0.1, 0.15) is 41.2 Å². The first-order valence-corrected chi connectivity index (χ1v) is 11.1. The van der Waals surface area contributed by atoms with Crippen LogP contribution in [0, 0.1) is 0 Å². The van der Waals surface area contributed by atoms with Crippen molar-refractivity contribution in [2.45, 2.75) is 31.7 Å². The fourth-order valence-corrected chi connectivity index (χ4v) is 4.26. The number of carbonyl (C=O) groups excluding carboxylic acids is 1. The first-order valence-electron chi connectivity index (χ1n) is 10.4. The molecule has 0 saturated heterocycles. The minimum atomic E-state index is -0.191. The molecule has 0 aliphatic heterocycles. The Bertz CT molecular complexity index is 1370. The van der Waals surface area contributed by atoms with Gasteiger partial charge < -0.3 is 5.32 Å². The third kappa shape index (κ3) is 3.91. The minimum Gasteiger partial charge on any atom is -0.352 e. The fraction of sp³-hybridized carbons (Fsp3) is 0.273. The highest BCUT2D eigenvalue weighted by Gasteiger charge is 2.33. The van der Waals surface area contributed by atoms with Gasteiger partial charge in [-0.2, -0.15) is 5.10 Å². The Labute approximate surface area is 193 Å². The van der Waals surface area contributed by atoms with Crippen molar-refractivity contribution in [1.82, 2.24) is 29.3 Å². The SMILES string of the molecule is O=C(NCCCn1nc2ccccn2c1=O)c1cnn(-c2ccc(Cl)cc2Cl)c1C1CC1. The molecule has 1 amide bonds. The van der Waals surface area contributed by atoms with Gasteiger partial charge in [0.2, 0.25) is 0 Å². The van der Waals surface area contributed by atoms with Crippen LogP contribution < -0.4 is 11.0 Å². The quantitative estimate of drug-likeness (QED) is 0.417. The lowest BCUT2D eigenvalue weighted by Gasteiger charge is -2.11. The number of nitrogens with zero attached hydrogens (tertiary/aromatic N) is 5. The molecule has 0 atom stereocenters. The summed E-state index contributed by atoms with van der Waals surface area (Å²) >= 11 is 12.4. The summed E-state index contributed by atoms with van der Waals surface area (Å²) in [6.07, 6.45) is 5.86. The van der Waals surface area contributed by atoms with E-state index in [0.29, 0.717) is 46.5 Å². The number of pyridine rings is 1. The molecule has 0 spiro atoms. The van der Waals surface area contributed by atoms with E-state index in [-0.39, 0.29) is 17.5 Å². The van der Waals surface area contributed by atoms with Crippen LogP contribution in [0.25, 0.3) is 11.3 Å². The Hall–Kier alpha value is -3.10. The first kappa shape index (κ1) is 20.8. The molecule has 1 aliphatic rings. The second-order valence-electron chi connectivity index (χ2n) is 7.77. The van der Waals surface area contributed by atoms with Crippen molar-refractivity contribution in [3.8, 4) is 5.69 Å². The highest BCUT2D eigenvalue weighted by Crippen LogP contribution is 2.43. The van der Waals surface area contributed by atoms with E-state index in [1.165, 1.54) is 9.08 Å². The third-order valence-corrected chi connectivity index (χ3v) is 6.01. The Kier molecular flexibility index (Phi) is 5.48. The van der Waals surface area contributed by atoms with Gasteiger partial charge in [-0.15, -0.1) is 5.10 Å². The fourth-order valence-electron chi connectivity index (χ4n) is 3.77. The number of halogens is 2. The van der Waals surface area contributed by atoms with E-state index in [1.54, 1.807) is 47.4 Å². The van der Waals surface area contributed by atoms with Crippen LogP contribution in [0.3, 0.4) is 0 Å². The topological polar surface area (TPSA) is 86.2 Å². The molecule has 164 valence electrons. The minimum absolute atomic E-state index is 0.189. The van der Waals surface area contributed by atoms with E-state index >= 15 is 0 Å². The smallest absolute Gasteiger partial charge is 0.350 e. The maximum Gasteiger partial charge on any atom is 0.350 e.